The van der Waals surface area contributed by atoms with Crippen LogP contribution in [0, 0.1) is 74.6 Å². The third kappa shape index (κ3) is 7.00. The van der Waals surface area contributed by atoms with Gasteiger partial charge in [0.2, 0.25) is 29.6 Å². The molecular formula is C42H40F3N8O4+. The van der Waals surface area contributed by atoms with Crippen LogP contribution in [0.1, 0.15) is 74.0 Å². The molecule has 6 aliphatic rings. The highest BCUT2D eigenvalue weighted by Crippen LogP contribution is 2.74. The largest absolute Gasteiger partial charge is 0.476 e. The number of nitrogens with zero attached hydrogens (tertiary/aromatic N) is 7. The van der Waals surface area contributed by atoms with Crippen molar-refractivity contribution in [1.82, 2.24) is 25.2 Å². The van der Waals surface area contributed by atoms with Crippen LogP contribution >= 0.6 is 0 Å². The van der Waals surface area contributed by atoms with Gasteiger partial charge >= 0.3 is 5.69 Å². The maximum atomic E-state index is 15.1. The summed E-state index contributed by atoms with van der Waals surface area (Å²) in [5.41, 5.74) is 0.139. The first-order chi connectivity index (χ1) is 27.4. The zero-order valence-electron chi connectivity index (χ0n) is 31.4. The fourth-order valence-corrected chi connectivity index (χ4v) is 9.49. The first-order valence-electron chi connectivity index (χ1n) is 19.0. The number of nitrogens with one attached hydrogen (secondary N) is 1. The summed E-state index contributed by atoms with van der Waals surface area (Å²) >= 11 is 0. The Labute approximate surface area is 327 Å². The van der Waals surface area contributed by atoms with Crippen molar-refractivity contribution in [2.24, 2.45) is 34.5 Å². The summed E-state index contributed by atoms with van der Waals surface area (Å²) in [5, 5.41) is 21.8. The highest BCUT2D eigenvalue weighted by atomic mass is 19.1. The quantitative estimate of drug-likeness (QED) is 0.175. The van der Waals surface area contributed by atoms with Gasteiger partial charge in [-0.15, -0.1) is 4.57 Å². The molecule has 4 aromatic rings. The number of nitriles is 2. The SMILES string of the molecule is C[C@@H](c1c(F)cccc1F)N(C)C(=O)C12CC(COc3c[n+](-c4ccc(F)c(CNC(=O)[C@H]5CC(COc6cnc(C#N)cn6)C6CC5C6)c4)c(C#N)cn3)(C1)C2. The molecule has 4 bridgehead atoms. The standard InChI is InChI=1S/C42H39F3N8O4/c1-24(38-34(44)4-3-5-35(38)45)52(2)40(55)42-20-41(21-42,22-42)23-57-37-18-53(31(13-47)16-50-37)30-6-7-33(43)27(10-30)14-51-39(54)32-11-28(25-8-26(32)9-25)19-56-36-17-48-29(12-46)15-49-36/h3-7,10,15-18,24-26,28,32H,8-9,11,14,19-23H2,1-2H3/p+1/t24-,25?,26?,28?,32-,41?,42?/m0/s1. The van der Waals surface area contributed by atoms with Gasteiger partial charge in [0, 0.05) is 48.2 Å². The van der Waals surface area contributed by atoms with E-state index < -0.39 is 28.9 Å². The van der Waals surface area contributed by atoms with Crippen LogP contribution in [-0.2, 0) is 16.1 Å². The fourth-order valence-electron chi connectivity index (χ4n) is 9.49. The number of fused-ring (bicyclic) bond motifs is 2. The zero-order chi connectivity index (χ0) is 40.1. The fraction of sp³-hybridized carbons (Fsp3) is 0.429. The van der Waals surface area contributed by atoms with E-state index >= 15 is 4.39 Å². The molecule has 3 atom stereocenters. The van der Waals surface area contributed by atoms with Crippen LogP contribution < -0.4 is 19.4 Å². The normalized spacial score (nSPS) is 25.6. The smallest absolute Gasteiger partial charge is 0.307 e. The number of hydrogen-bond donors (Lipinski definition) is 1. The van der Waals surface area contributed by atoms with Gasteiger partial charge in [-0.05, 0) is 81.4 Å². The Bertz CT molecular complexity index is 2280. The van der Waals surface area contributed by atoms with E-state index in [0.29, 0.717) is 49.8 Å². The van der Waals surface area contributed by atoms with E-state index in [0.717, 1.165) is 12.8 Å². The number of aromatic nitrogens is 4. The second-order valence-corrected chi connectivity index (χ2v) is 16.2. The van der Waals surface area contributed by atoms with E-state index in [1.54, 1.807) is 30.8 Å². The lowest BCUT2D eigenvalue weighted by atomic mass is 9.35. The summed E-state index contributed by atoms with van der Waals surface area (Å²) in [4.78, 5) is 40.7. The Kier molecular flexibility index (Phi) is 9.80. The molecular weight excluding hydrogens is 738 g/mol. The van der Waals surface area contributed by atoms with Gasteiger partial charge in [-0.25, -0.2) is 28.1 Å². The predicted molar refractivity (Wildman–Crippen MR) is 194 cm³/mol. The van der Waals surface area contributed by atoms with Crippen molar-refractivity contribution in [3.05, 3.63) is 101 Å². The summed E-state index contributed by atoms with van der Waals surface area (Å²) in [6.07, 6.45) is 9.89. The number of hydrogen-bond acceptors (Lipinski definition) is 9. The summed E-state index contributed by atoms with van der Waals surface area (Å²) < 4.78 is 57.5. The van der Waals surface area contributed by atoms with Crippen molar-refractivity contribution in [1.29, 1.82) is 10.5 Å². The van der Waals surface area contributed by atoms with Crippen LogP contribution in [0.15, 0.2) is 61.2 Å². The predicted octanol–water partition coefficient (Wildman–Crippen LogP) is 5.44. The molecule has 2 aromatic heterocycles. The molecule has 6 aliphatic carbocycles. The second kappa shape index (κ2) is 14.8. The van der Waals surface area contributed by atoms with Crippen LogP contribution in [0.2, 0.25) is 0 Å². The van der Waals surface area contributed by atoms with Crippen LogP contribution in [0.5, 0.6) is 11.8 Å². The van der Waals surface area contributed by atoms with Crippen LogP contribution in [0.3, 0.4) is 0 Å². The van der Waals surface area contributed by atoms with Crippen molar-refractivity contribution >= 4 is 11.8 Å². The molecule has 1 unspecified atom stereocenters. The Morgan fingerprint density at radius 2 is 1.68 bits per heavy atom. The van der Waals surface area contributed by atoms with E-state index in [-0.39, 0.29) is 76.5 Å². The van der Waals surface area contributed by atoms with Crippen molar-refractivity contribution in [3.8, 4) is 29.6 Å². The van der Waals surface area contributed by atoms with E-state index in [1.807, 2.05) is 6.07 Å². The zero-order valence-corrected chi connectivity index (χ0v) is 31.4. The van der Waals surface area contributed by atoms with Crippen LogP contribution in [-0.4, -0.2) is 51.9 Å². The number of rotatable bonds is 13. The summed E-state index contributed by atoms with van der Waals surface area (Å²) in [6, 6.07) is 11.3. The summed E-state index contributed by atoms with van der Waals surface area (Å²) in [6.45, 7) is 2.23. The van der Waals surface area contributed by atoms with E-state index in [9.17, 15) is 23.6 Å². The minimum atomic E-state index is -0.777. The summed E-state index contributed by atoms with van der Waals surface area (Å²) in [7, 11) is 1.57. The highest BCUT2D eigenvalue weighted by molar-refractivity contribution is 5.86. The molecule has 2 aromatic carbocycles. The van der Waals surface area contributed by atoms with Crippen molar-refractivity contribution in [2.75, 3.05) is 20.3 Å². The molecule has 2 heterocycles. The lowest BCUT2D eigenvalue weighted by molar-refractivity contribution is -0.599. The third-order valence-corrected chi connectivity index (χ3v) is 12.7. The molecule has 15 heteroatoms. The van der Waals surface area contributed by atoms with E-state index in [1.165, 1.54) is 53.8 Å². The van der Waals surface area contributed by atoms with Gasteiger partial charge in [-0.3, -0.25) is 9.59 Å². The Morgan fingerprint density at radius 3 is 2.37 bits per heavy atom. The molecule has 12 nitrogen and oxygen atoms in total. The Balaban J connectivity index is 0.867. The van der Waals surface area contributed by atoms with Gasteiger partial charge in [0.05, 0.1) is 37.1 Å². The van der Waals surface area contributed by atoms with Crippen molar-refractivity contribution in [2.45, 2.75) is 58.0 Å². The highest BCUT2D eigenvalue weighted by Gasteiger charge is 2.72. The van der Waals surface area contributed by atoms with Gasteiger partial charge in [0.25, 0.3) is 5.88 Å². The molecule has 0 saturated heterocycles. The maximum absolute atomic E-state index is 15.1. The number of carbonyl (C=O) groups is 2. The number of ether oxygens (including phenoxy) is 2. The third-order valence-electron chi connectivity index (χ3n) is 12.7. The molecule has 57 heavy (non-hydrogen) atoms. The molecule has 0 spiro atoms. The lowest BCUT2D eigenvalue weighted by Crippen LogP contribution is -2.69. The molecule has 1 N–H and O–H groups in total. The molecule has 292 valence electrons. The van der Waals surface area contributed by atoms with E-state index in [4.69, 9.17) is 14.7 Å². The second-order valence-electron chi connectivity index (χ2n) is 16.2. The van der Waals surface area contributed by atoms with Crippen molar-refractivity contribution < 1.29 is 36.8 Å². The number of amides is 2. The summed E-state index contributed by atoms with van der Waals surface area (Å²) in [5.74, 6) is -0.982. The van der Waals surface area contributed by atoms with Crippen LogP contribution in [0.25, 0.3) is 5.69 Å². The van der Waals surface area contributed by atoms with Crippen molar-refractivity contribution in [3.63, 3.8) is 0 Å². The molecule has 0 radical (unpaired) electrons. The lowest BCUT2D eigenvalue weighted by Gasteiger charge is -2.69. The molecule has 10 rings (SSSR count). The topological polar surface area (TPSA) is 158 Å². The molecule has 2 amide bonds. The molecule has 0 aliphatic heterocycles. The van der Waals surface area contributed by atoms with Gasteiger partial charge in [0.1, 0.15) is 29.7 Å². The number of carbonyl (C=O) groups excluding carboxylic acids is 2. The minimum absolute atomic E-state index is 0.0454. The van der Waals surface area contributed by atoms with Gasteiger partial charge in [-0.2, -0.15) is 10.5 Å². The minimum Gasteiger partial charge on any atom is -0.476 e. The average molecular weight is 778 g/mol. The van der Waals surface area contributed by atoms with Gasteiger partial charge < -0.3 is 19.7 Å². The van der Waals surface area contributed by atoms with E-state index in [2.05, 4.69) is 26.3 Å². The monoisotopic (exact) mass is 777 g/mol. The number of benzene rings is 2. The van der Waals surface area contributed by atoms with Gasteiger partial charge in [-0.1, -0.05) is 6.07 Å². The Hall–Kier alpha value is -6.09. The van der Waals surface area contributed by atoms with Crippen LogP contribution in [0.4, 0.5) is 13.2 Å². The first-order valence-corrected chi connectivity index (χ1v) is 19.0. The average Bonchev–Trinajstić information content (AvgIpc) is 3.17. The maximum Gasteiger partial charge on any atom is 0.307 e. The molecule has 6 fully saturated rings. The number of halogens is 3. The van der Waals surface area contributed by atoms with Gasteiger partial charge in [0.15, 0.2) is 11.8 Å². The first kappa shape index (κ1) is 37.8. The Morgan fingerprint density at radius 1 is 0.947 bits per heavy atom. The molecule has 6 saturated carbocycles.